The third-order valence-corrected chi connectivity index (χ3v) is 5.07. The maximum atomic E-state index is 12.3. The van der Waals surface area contributed by atoms with Crippen molar-refractivity contribution in [3.63, 3.8) is 0 Å². The molecule has 0 spiro atoms. The van der Waals surface area contributed by atoms with Crippen molar-refractivity contribution < 1.29 is 38.0 Å². The van der Waals surface area contributed by atoms with E-state index in [9.17, 15) is 9.59 Å². The molecule has 8 nitrogen and oxygen atoms in total. The van der Waals surface area contributed by atoms with Crippen molar-refractivity contribution in [1.29, 1.82) is 0 Å². The third-order valence-electron chi connectivity index (χ3n) is 5.07. The molecule has 0 N–H and O–H groups in total. The number of hydrogen-bond acceptors (Lipinski definition) is 8. The van der Waals surface area contributed by atoms with E-state index in [1.54, 1.807) is 27.7 Å². The van der Waals surface area contributed by atoms with Gasteiger partial charge in [-0.05, 0) is 40.5 Å². The normalized spacial score (nSPS) is 37.8. The van der Waals surface area contributed by atoms with Gasteiger partial charge in [-0.15, -0.1) is 0 Å². The van der Waals surface area contributed by atoms with Crippen LogP contribution in [0, 0.1) is 0 Å². The van der Waals surface area contributed by atoms with Gasteiger partial charge in [0.05, 0.1) is 0 Å². The lowest BCUT2D eigenvalue weighted by Gasteiger charge is -2.41. The Bertz CT molecular complexity index is 521. The van der Waals surface area contributed by atoms with Gasteiger partial charge in [-0.1, -0.05) is 13.8 Å². The highest BCUT2D eigenvalue weighted by atomic mass is 16.8. The molecule has 0 radical (unpaired) electrons. The fourth-order valence-electron chi connectivity index (χ4n) is 4.12. The lowest BCUT2D eigenvalue weighted by Crippen LogP contribution is -2.63. The average Bonchev–Trinajstić information content (AvgIpc) is 3.06. The summed E-state index contributed by atoms with van der Waals surface area (Å²) in [5, 5.41) is 0. The van der Waals surface area contributed by atoms with Crippen LogP contribution in [0.4, 0.5) is 0 Å². The number of esters is 2. The summed E-state index contributed by atoms with van der Waals surface area (Å²) < 4.78 is 35.8. The fourth-order valence-corrected chi connectivity index (χ4v) is 4.12. The number of hydrogen-bond donors (Lipinski definition) is 0. The van der Waals surface area contributed by atoms with E-state index in [0.29, 0.717) is 25.7 Å². The Labute approximate surface area is 166 Å². The minimum atomic E-state index is -0.908. The Morgan fingerprint density at radius 2 is 0.964 bits per heavy atom. The van der Waals surface area contributed by atoms with Crippen molar-refractivity contribution in [2.45, 2.75) is 115 Å². The minimum Gasteiger partial charge on any atom is -0.457 e. The van der Waals surface area contributed by atoms with Crippen molar-refractivity contribution in [3.05, 3.63) is 0 Å². The molecule has 0 aromatic rings. The van der Waals surface area contributed by atoms with E-state index >= 15 is 0 Å². The van der Waals surface area contributed by atoms with Gasteiger partial charge in [0.25, 0.3) is 0 Å². The van der Waals surface area contributed by atoms with Crippen molar-refractivity contribution >= 4 is 11.9 Å². The van der Waals surface area contributed by atoms with E-state index in [2.05, 4.69) is 0 Å². The maximum Gasteiger partial charge on any atom is 0.306 e. The molecule has 0 aromatic heterocycles. The highest BCUT2D eigenvalue weighted by Crippen LogP contribution is 2.46. The summed E-state index contributed by atoms with van der Waals surface area (Å²) in [5.41, 5.74) is 0. The first-order valence-corrected chi connectivity index (χ1v) is 10.2. The van der Waals surface area contributed by atoms with Gasteiger partial charge in [0, 0.05) is 12.8 Å². The molecule has 160 valence electrons. The molecule has 1 aliphatic carbocycles. The van der Waals surface area contributed by atoms with Crippen LogP contribution in [0.3, 0.4) is 0 Å². The summed E-state index contributed by atoms with van der Waals surface area (Å²) in [6.07, 6.45) is -1.93. The van der Waals surface area contributed by atoms with E-state index in [1.165, 1.54) is 0 Å². The topological polar surface area (TPSA) is 89.5 Å². The Kier molecular flexibility index (Phi) is 6.06. The minimum absolute atomic E-state index is 0.300. The first-order valence-electron chi connectivity index (χ1n) is 10.2. The molecule has 2 unspecified atom stereocenters. The third kappa shape index (κ3) is 4.35. The van der Waals surface area contributed by atoms with Crippen LogP contribution in [-0.2, 0) is 38.0 Å². The number of rotatable bonds is 6. The SMILES string of the molecule is CCCC(=O)OC1[C@H]2OC(C)(C)O[C@@H]2C(OC(=O)CCC)[C@@H]2OC(C)(C)O[C@H]12. The largest absolute Gasteiger partial charge is 0.457 e. The second kappa shape index (κ2) is 7.89. The quantitative estimate of drug-likeness (QED) is 0.628. The molecular weight excluding hydrogens is 368 g/mol. The molecule has 28 heavy (non-hydrogen) atoms. The molecule has 3 fully saturated rings. The predicted octanol–water partition coefficient (Wildman–Crippen LogP) is 2.46. The molecule has 2 heterocycles. The first-order chi connectivity index (χ1) is 13.1. The van der Waals surface area contributed by atoms with Gasteiger partial charge in [0.1, 0.15) is 24.4 Å². The summed E-state index contributed by atoms with van der Waals surface area (Å²) in [5.74, 6) is -2.47. The van der Waals surface area contributed by atoms with Gasteiger partial charge in [-0.25, -0.2) is 0 Å². The van der Waals surface area contributed by atoms with Gasteiger partial charge >= 0.3 is 11.9 Å². The van der Waals surface area contributed by atoms with E-state index < -0.39 is 48.2 Å². The van der Waals surface area contributed by atoms with Gasteiger partial charge in [0.15, 0.2) is 23.8 Å². The van der Waals surface area contributed by atoms with Crippen LogP contribution in [0.1, 0.15) is 67.2 Å². The molecule has 0 amide bonds. The highest BCUT2D eigenvalue weighted by molar-refractivity contribution is 5.70. The molecule has 2 aliphatic heterocycles. The van der Waals surface area contributed by atoms with Crippen LogP contribution < -0.4 is 0 Å². The number of carbonyl (C=O) groups is 2. The van der Waals surface area contributed by atoms with Gasteiger partial charge in [-0.2, -0.15) is 0 Å². The Morgan fingerprint density at radius 3 is 1.21 bits per heavy atom. The fraction of sp³-hybridized carbons (Fsp3) is 0.900. The smallest absolute Gasteiger partial charge is 0.306 e. The van der Waals surface area contributed by atoms with Gasteiger partial charge in [-0.3, -0.25) is 9.59 Å². The van der Waals surface area contributed by atoms with Crippen LogP contribution in [0.15, 0.2) is 0 Å². The Hall–Kier alpha value is -1.22. The number of fused-ring (bicyclic) bond motifs is 2. The number of ether oxygens (including phenoxy) is 6. The lowest BCUT2D eigenvalue weighted by atomic mass is 9.84. The second-order valence-electron chi connectivity index (χ2n) is 8.54. The lowest BCUT2D eigenvalue weighted by molar-refractivity contribution is -0.198. The second-order valence-corrected chi connectivity index (χ2v) is 8.54. The summed E-state index contributed by atoms with van der Waals surface area (Å²) in [4.78, 5) is 24.5. The van der Waals surface area contributed by atoms with Gasteiger partial charge < -0.3 is 28.4 Å². The van der Waals surface area contributed by atoms with Crippen molar-refractivity contribution in [2.24, 2.45) is 0 Å². The van der Waals surface area contributed by atoms with Crippen LogP contribution in [-0.4, -0.2) is 60.1 Å². The van der Waals surface area contributed by atoms with E-state index in [0.717, 1.165) is 0 Å². The standard InChI is InChI=1S/C20H32O8/c1-7-9-11(21)23-13-15-17(27-19(3,4)25-15)14(24-12(22)10-8-2)18-16(13)26-20(5,6)28-18/h13-18H,7-10H2,1-6H3/t13?,14?,15-,16-,17-,18+/m1/s1. The molecule has 6 atom stereocenters. The Balaban J connectivity index is 1.91. The molecule has 1 saturated carbocycles. The zero-order chi connectivity index (χ0) is 20.7. The monoisotopic (exact) mass is 400 g/mol. The van der Waals surface area contributed by atoms with Crippen LogP contribution in [0.2, 0.25) is 0 Å². The summed E-state index contributed by atoms with van der Waals surface area (Å²) in [6, 6.07) is 0. The van der Waals surface area contributed by atoms with Crippen LogP contribution in [0.25, 0.3) is 0 Å². The molecule has 0 bridgehead atoms. The van der Waals surface area contributed by atoms with E-state index in [1.807, 2.05) is 13.8 Å². The molecular formula is C20H32O8. The molecule has 8 heteroatoms. The van der Waals surface area contributed by atoms with Crippen LogP contribution >= 0.6 is 0 Å². The molecule has 0 aromatic carbocycles. The molecule has 2 saturated heterocycles. The first kappa shape index (κ1) is 21.5. The Morgan fingerprint density at radius 1 is 0.679 bits per heavy atom. The average molecular weight is 400 g/mol. The zero-order valence-electron chi connectivity index (χ0n) is 17.6. The van der Waals surface area contributed by atoms with Crippen molar-refractivity contribution in [1.82, 2.24) is 0 Å². The van der Waals surface area contributed by atoms with E-state index in [-0.39, 0.29) is 11.9 Å². The summed E-state index contributed by atoms with van der Waals surface area (Å²) >= 11 is 0. The molecule has 3 rings (SSSR count). The number of carbonyl (C=O) groups excluding carboxylic acids is 2. The van der Waals surface area contributed by atoms with Gasteiger partial charge in [0.2, 0.25) is 0 Å². The zero-order valence-corrected chi connectivity index (χ0v) is 17.6. The summed E-state index contributed by atoms with van der Waals surface area (Å²) in [6.45, 7) is 10.9. The van der Waals surface area contributed by atoms with Crippen molar-refractivity contribution in [2.75, 3.05) is 0 Å². The van der Waals surface area contributed by atoms with Crippen molar-refractivity contribution in [3.8, 4) is 0 Å². The highest BCUT2D eigenvalue weighted by Gasteiger charge is 2.65. The summed E-state index contributed by atoms with van der Waals surface area (Å²) in [7, 11) is 0. The van der Waals surface area contributed by atoms with Crippen LogP contribution in [0.5, 0.6) is 0 Å². The maximum absolute atomic E-state index is 12.3. The predicted molar refractivity (Wildman–Crippen MR) is 97.2 cm³/mol. The van der Waals surface area contributed by atoms with E-state index in [4.69, 9.17) is 28.4 Å². The molecule has 3 aliphatic rings.